The van der Waals surface area contributed by atoms with E-state index in [0.29, 0.717) is 11.6 Å². The van der Waals surface area contributed by atoms with Gasteiger partial charge in [0, 0.05) is 12.4 Å². The summed E-state index contributed by atoms with van der Waals surface area (Å²) in [4.78, 5) is 13.6. The second-order valence-corrected chi connectivity index (χ2v) is 5.76. The molecule has 0 amide bonds. The van der Waals surface area contributed by atoms with Gasteiger partial charge in [0.1, 0.15) is 5.69 Å². The lowest BCUT2D eigenvalue weighted by molar-refractivity contribution is 0.0687. The summed E-state index contributed by atoms with van der Waals surface area (Å²) < 4.78 is 1.82. The van der Waals surface area contributed by atoms with Gasteiger partial charge in [0.25, 0.3) is 0 Å². The van der Waals surface area contributed by atoms with E-state index in [0.717, 1.165) is 36.8 Å². The maximum Gasteiger partial charge on any atom is 0.352 e. The first-order chi connectivity index (χ1) is 9.58. The molecule has 0 bridgehead atoms. The molecule has 4 nitrogen and oxygen atoms in total. The lowest BCUT2D eigenvalue weighted by atomic mass is 9.88. The number of benzene rings is 1. The number of likely N-dealkylation sites (tertiary alicyclic amines) is 1. The van der Waals surface area contributed by atoms with Crippen LogP contribution in [-0.4, -0.2) is 40.7 Å². The number of aromatic nitrogens is 1. The zero-order valence-corrected chi connectivity index (χ0v) is 12.0. The van der Waals surface area contributed by atoms with Crippen LogP contribution < -0.4 is 0 Å². The molecule has 2 heterocycles. The molecule has 0 radical (unpaired) electrons. The first-order valence-electron chi connectivity index (χ1n) is 7.08. The van der Waals surface area contributed by atoms with E-state index in [1.165, 1.54) is 5.56 Å². The molecule has 0 aliphatic carbocycles. The fraction of sp³-hybridized carbons (Fsp3) is 0.438. The molecule has 0 saturated carbocycles. The number of hydrogen-bond donors (Lipinski definition) is 1. The molecule has 1 aliphatic rings. The molecular weight excluding hydrogens is 252 g/mol. The van der Waals surface area contributed by atoms with Crippen LogP contribution in [0.1, 0.15) is 34.8 Å². The summed E-state index contributed by atoms with van der Waals surface area (Å²) in [5, 5.41) is 10.3. The molecule has 0 spiro atoms. The standard InChI is InChI=1S/C16H20N2O2/c1-17-8-6-11(7-9-17)13-5-3-4-12-10-14(16(19)20)18(2)15(12)13/h3-5,10-11H,6-9H2,1-2H3,(H,19,20). The minimum atomic E-state index is -0.863. The minimum absolute atomic E-state index is 0.361. The number of hydrogen-bond acceptors (Lipinski definition) is 2. The van der Waals surface area contributed by atoms with Crippen LogP contribution in [0.3, 0.4) is 0 Å². The predicted octanol–water partition coefficient (Wildman–Crippen LogP) is 2.69. The molecule has 1 aliphatic heterocycles. The van der Waals surface area contributed by atoms with Crippen molar-refractivity contribution < 1.29 is 9.90 Å². The highest BCUT2D eigenvalue weighted by atomic mass is 16.4. The third-order valence-corrected chi connectivity index (χ3v) is 4.46. The largest absolute Gasteiger partial charge is 0.477 e. The van der Waals surface area contributed by atoms with E-state index in [1.807, 2.05) is 23.7 Å². The van der Waals surface area contributed by atoms with E-state index in [1.54, 1.807) is 6.07 Å². The Kier molecular flexibility index (Phi) is 3.26. The van der Waals surface area contributed by atoms with Crippen LogP contribution in [-0.2, 0) is 7.05 Å². The highest BCUT2D eigenvalue weighted by Gasteiger charge is 2.22. The molecule has 1 aromatic carbocycles. The summed E-state index contributed by atoms with van der Waals surface area (Å²) in [6, 6.07) is 7.97. The molecule has 0 unspecified atom stereocenters. The Bertz CT molecular complexity index is 652. The third kappa shape index (κ3) is 2.10. The van der Waals surface area contributed by atoms with Gasteiger partial charge in [-0.3, -0.25) is 0 Å². The Balaban J connectivity index is 2.09. The fourth-order valence-corrected chi connectivity index (χ4v) is 3.30. The normalized spacial score (nSPS) is 17.7. The van der Waals surface area contributed by atoms with Crippen molar-refractivity contribution >= 4 is 16.9 Å². The van der Waals surface area contributed by atoms with E-state index in [2.05, 4.69) is 18.0 Å². The van der Waals surface area contributed by atoms with Gasteiger partial charge < -0.3 is 14.6 Å². The van der Waals surface area contributed by atoms with Crippen LogP contribution in [0.4, 0.5) is 0 Å². The van der Waals surface area contributed by atoms with E-state index in [-0.39, 0.29) is 0 Å². The number of para-hydroxylation sites is 1. The molecule has 0 atom stereocenters. The van der Waals surface area contributed by atoms with Crippen LogP contribution in [0, 0.1) is 0 Å². The average Bonchev–Trinajstić information content (AvgIpc) is 2.77. The quantitative estimate of drug-likeness (QED) is 0.914. The first kappa shape index (κ1) is 13.2. The summed E-state index contributed by atoms with van der Waals surface area (Å²) in [5.74, 6) is -0.330. The lowest BCUT2D eigenvalue weighted by Crippen LogP contribution is -2.29. The summed E-state index contributed by atoms with van der Waals surface area (Å²) in [7, 11) is 4.01. The number of nitrogens with zero attached hydrogens (tertiary/aromatic N) is 2. The predicted molar refractivity (Wildman–Crippen MR) is 79.4 cm³/mol. The SMILES string of the molecule is CN1CCC(c2cccc3cc(C(=O)O)n(C)c23)CC1. The van der Waals surface area contributed by atoms with Crippen molar-refractivity contribution in [2.45, 2.75) is 18.8 Å². The van der Waals surface area contributed by atoms with Gasteiger partial charge in [-0.2, -0.15) is 0 Å². The smallest absolute Gasteiger partial charge is 0.352 e. The average molecular weight is 272 g/mol. The van der Waals surface area contributed by atoms with E-state index in [4.69, 9.17) is 0 Å². The van der Waals surface area contributed by atoms with Crippen molar-refractivity contribution in [3.05, 3.63) is 35.5 Å². The monoisotopic (exact) mass is 272 g/mol. The number of rotatable bonds is 2. The van der Waals surface area contributed by atoms with Crippen molar-refractivity contribution in [2.75, 3.05) is 20.1 Å². The molecule has 3 rings (SSSR count). The van der Waals surface area contributed by atoms with Gasteiger partial charge in [-0.05, 0) is 50.5 Å². The molecule has 4 heteroatoms. The first-order valence-corrected chi connectivity index (χ1v) is 7.08. The Hall–Kier alpha value is -1.81. The highest BCUT2D eigenvalue weighted by molar-refractivity contribution is 5.95. The van der Waals surface area contributed by atoms with Crippen molar-refractivity contribution in [1.29, 1.82) is 0 Å². The van der Waals surface area contributed by atoms with Gasteiger partial charge in [-0.1, -0.05) is 18.2 Å². The van der Waals surface area contributed by atoms with Crippen molar-refractivity contribution in [1.82, 2.24) is 9.47 Å². The van der Waals surface area contributed by atoms with E-state index >= 15 is 0 Å². The van der Waals surface area contributed by atoms with Crippen molar-refractivity contribution in [3.8, 4) is 0 Å². The van der Waals surface area contributed by atoms with Crippen LogP contribution in [0.2, 0.25) is 0 Å². The van der Waals surface area contributed by atoms with Crippen LogP contribution in [0.15, 0.2) is 24.3 Å². The molecule has 1 saturated heterocycles. The Labute approximate surface area is 118 Å². The Morgan fingerprint density at radius 2 is 1.95 bits per heavy atom. The van der Waals surface area contributed by atoms with Gasteiger partial charge in [0.2, 0.25) is 0 Å². The molecular formula is C16H20N2O2. The number of piperidine rings is 1. The van der Waals surface area contributed by atoms with Crippen molar-refractivity contribution in [3.63, 3.8) is 0 Å². The van der Waals surface area contributed by atoms with Crippen LogP contribution >= 0.6 is 0 Å². The number of aromatic carboxylic acids is 1. The topological polar surface area (TPSA) is 45.5 Å². The summed E-state index contributed by atoms with van der Waals surface area (Å²) in [5.41, 5.74) is 2.74. The maximum atomic E-state index is 11.3. The maximum absolute atomic E-state index is 11.3. The lowest BCUT2D eigenvalue weighted by Gasteiger charge is -2.29. The third-order valence-electron chi connectivity index (χ3n) is 4.46. The number of aryl methyl sites for hydroxylation is 1. The zero-order chi connectivity index (χ0) is 14.3. The number of carboxylic acids is 1. The van der Waals surface area contributed by atoms with Crippen molar-refractivity contribution in [2.24, 2.45) is 7.05 Å². The Morgan fingerprint density at radius 1 is 1.25 bits per heavy atom. The number of fused-ring (bicyclic) bond motifs is 1. The summed E-state index contributed by atoms with van der Waals surface area (Å²) in [6.07, 6.45) is 2.28. The highest BCUT2D eigenvalue weighted by Crippen LogP contribution is 2.33. The molecule has 1 fully saturated rings. The fourth-order valence-electron chi connectivity index (χ4n) is 3.30. The summed E-state index contributed by atoms with van der Waals surface area (Å²) in [6.45, 7) is 2.22. The van der Waals surface area contributed by atoms with Gasteiger partial charge in [0.15, 0.2) is 0 Å². The van der Waals surface area contributed by atoms with E-state index < -0.39 is 5.97 Å². The minimum Gasteiger partial charge on any atom is -0.477 e. The summed E-state index contributed by atoms with van der Waals surface area (Å²) >= 11 is 0. The van der Waals surface area contributed by atoms with Gasteiger partial charge >= 0.3 is 5.97 Å². The van der Waals surface area contributed by atoms with E-state index in [9.17, 15) is 9.90 Å². The molecule has 106 valence electrons. The van der Waals surface area contributed by atoms with Gasteiger partial charge in [0.05, 0.1) is 5.52 Å². The second-order valence-electron chi connectivity index (χ2n) is 5.76. The molecule has 2 aromatic rings. The second kappa shape index (κ2) is 4.94. The van der Waals surface area contributed by atoms with Crippen LogP contribution in [0.5, 0.6) is 0 Å². The van der Waals surface area contributed by atoms with Gasteiger partial charge in [-0.25, -0.2) is 4.79 Å². The number of carboxylic acid groups (broad SMARTS) is 1. The zero-order valence-electron chi connectivity index (χ0n) is 12.0. The molecule has 20 heavy (non-hydrogen) atoms. The van der Waals surface area contributed by atoms with Gasteiger partial charge in [-0.15, -0.1) is 0 Å². The molecule has 1 aromatic heterocycles. The van der Waals surface area contributed by atoms with Crippen LogP contribution in [0.25, 0.3) is 10.9 Å². The number of carbonyl (C=O) groups is 1. The Morgan fingerprint density at radius 3 is 2.60 bits per heavy atom. The molecule has 1 N–H and O–H groups in total.